The van der Waals surface area contributed by atoms with Crippen LogP contribution in [-0.4, -0.2) is 11.1 Å². The van der Waals surface area contributed by atoms with Crippen LogP contribution in [0.15, 0.2) is 24.3 Å². The third kappa shape index (κ3) is 4.45. The van der Waals surface area contributed by atoms with Gasteiger partial charge in [0.15, 0.2) is 0 Å². The molecule has 1 aromatic rings. The van der Waals surface area contributed by atoms with Crippen LogP contribution in [0.1, 0.15) is 12.5 Å². The minimum atomic E-state index is -0.0699. The number of benzene rings is 1. The molecule has 2 nitrogen and oxygen atoms in total. The number of phenolic OH excluding ortho intramolecular Hbond substituents is 1. The molecule has 12 heavy (non-hydrogen) atoms. The standard InChI is InChI=1S/C9H12NO.Ac/c1-7(10)6-8-2-4-9(11)5-3-8;/h2-5,7,10-11H,6H2,1H3;/q-1;/t7-;/m1./s1. The monoisotopic (exact) mass is 377 g/mol. The van der Waals surface area contributed by atoms with Gasteiger partial charge in [-0.3, -0.25) is 0 Å². The normalized spacial score (nSPS) is 11.8. The topological polar surface area (TPSA) is 44.0 Å². The van der Waals surface area contributed by atoms with Crippen LogP contribution in [0.4, 0.5) is 0 Å². The summed E-state index contributed by atoms with van der Waals surface area (Å²) in [5.74, 6) is 0.284. The van der Waals surface area contributed by atoms with Crippen LogP contribution in [-0.2, 0) is 6.42 Å². The van der Waals surface area contributed by atoms with Crippen LogP contribution < -0.4 is 0 Å². The van der Waals surface area contributed by atoms with E-state index < -0.39 is 0 Å². The summed E-state index contributed by atoms with van der Waals surface area (Å²) in [6.07, 6.45) is 0.750. The molecule has 0 aliphatic rings. The molecule has 1 atom stereocenters. The number of aromatic hydroxyl groups is 1. The zero-order chi connectivity index (χ0) is 8.27. The Morgan fingerprint density at radius 1 is 1.33 bits per heavy atom. The summed E-state index contributed by atoms with van der Waals surface area (Å²) in [5, 5.41) is 8.94. The number of hydrogen-bond donors (Lipinski definition) is 1. The van der Waals surface area contributed by atoms with Crippen molar-refractivity contribution in [2.45, 2.75) is 19.4 Å². The molecule has 0 aromatic heterocycles. The molecule has 1 aromatic carbocycles. The van der Waals surface area contributed by atoms with Gasteiger partial charge in [-0.15, -0.1) is 6.04 Å². The van der Waals surface area contributed by atoms with Crippen molar-refractivity contribution in [2.24, 2.45) is 0 Å². The van der Waals surface area contributed by atoms with Crippen molar-refractivity contribution < 1.29 is 49.2 Å². The zero-order valence-electron chi connectivity index (χ0n) is 7.12. The molecule has 1 rings (SSSR count). The maximum Gasteiger partial charge on any atom is 0.115 e. The Morgan fingerprint density at radius 2 is 1.83 bits per heavy atom. The molecule has 2 N–H and O–H groups in total. The molecule has 0 unspecified atom stereocenters. The first kappa shape index (κ1) is 12.4. The van der Waals surface area contributed by atoms with Crippen LogP contribution in [0.3, 0.4) is 0 Å². The van der Waals surface area contributed by atoms with E-state index in [1.807, 2.05) is 19.1 Å². The average Bonchev–Trinajstić information content (AvgIpc) is 1.93. The van der Waals surface area contributed by atoms with Gasteiger partial charge in [-0.1, -0.05) is 19.1 Å². The van der Waals surface area contributed by atoms with Crippen molar-refractivity contribution in [3.05, 3.63) is 35.6 Å². The first-order valence-electron chi connectivity index (χ1n) is 3.67. The maximum atomic E-state index is 8.94. The smallest absolute Gasteiger partial charge is 0.115 e. The van der Waals surface area contributed by atoms with Crippen molar-refractivity contribution in [3.8, 4) is 5.75 Å². The minimum Gasteiger partial charge on any atom is -0.675 e. The zero-order valence-corrected chi connectivity index (χ0v) is 11.9. The third-order valence-electron chi connectivity index (χ3n) is 1.48. The number of phenols is 1. The van der Waals surface area contributed by atoms with Crippen molar-refractivity contribution in [3.63, 3.8) is 0 Å². The van der Waals surface area contributed by atoms with E-state index in [1.54, 1.807) is 12.1 Å². The Hall–Kier alpha value is 0.422. The summed E-state index contributed by atoms with van der Waals surface area (Å²) in [4.78, 5) is 0. The summed E-state index contributed by atoms with van der Waals surface area (Å²) in [6, 6.07) is 6.93. The largest absolute Gasteiger partial charge is 0.675 e. The first-order valence-corrected chi connectivity index (χ1v) is 3.67. The van der Waals surface area contributed by atoms with Gasteiger partial charge in [0, 0.05) is 44.1 Å². The number of rotatable bonds is 2. The molecule has 1 radical (unpaired) electrons. The molecule has 0 amide bonds. The summed E-state index contributed by atoms with van der Waals surface area (Å²) in [7, 11) is 0. The van der Waals surface area contributed by atoms with E-state index in [1.165, 1.54) is 0 Å². The molecule has 0 aliphatic carbocycles. The fourth-order valence-corrected chi connectivity index (χ4v) is 0.986. The van der Waals surface area contributed by atoms with E-state index in [0.29, 0.717) is 0 Å². The molecule has 0 saturated carbocycles. The van der Waals surface area contributed by atoms with Gasteiger partial charge in [0.1, 0.15) is 5.75 Å². The van der Waals surface area contributed by atoms with E-state index in [0.717, 1.165) is 12.0 Å². The first-order chi connectivity index (χ1) is 5.18. The predicted molar refractivity (Wildman–Crippen MR) is 45.6 cm³/mol. The Balaban J connectivity index is 0.00000121. The van der Waals surface area contributed by atoms with E-state index in [-0.39, 0.29) is 55.9 Å². The summed E-state index contributed by atoms with van der Waals surface area (Å²) in [5.41, 5.74) is 8.41. The second-order valence-corrected chi connectivity index (χ2v) is 2.77. The SMILES string of the molecule is C[C@@H]([NH-])Cc1ccc(O)cc1.[Ac]. The van der Waals surface area contributed by atoms with Crippen LogP contribution in [0.5, 0.6) is 5.75 Å². The van der Waals surface area contributed by atoms with E-state index in [9.17, 15) is 0 Å². The fraction of sp³-hybridized carbons (Fsp3) is 0.333. The van der Waals surface area contributed by atoms with Gasteiger partial charge in [-0.25, -0.2) is 0 Å². The molecule has 0 bridgehead atoms. The number of hydrogen-bond acceptors (Lipinski definition) is 1. The minimum absolute atomic E-state index is 0. The van der Waals surface area contributed by atoms with Gasteiger partial charge in [0.2, 0.25) is 0 Å². The van der Waals surface area contributed by atoms with E-state index in [4.69, 9.17) is 10.8 Å². The van der Waals surface area contributed by atoms with Gasteiger partial charge < -0.3 is 10.8 Å². The van der Waals surface area contributed by atoms with Gasteiger partial charge in [-0.05, 0) is 24.1 Å². The Morgan fingerprint density at radius 3 is 2.25 bits per heavy atom. The molecular weight excluding hydrogens is 365 g/mol. The predicted octanol–water partition coefficient (Wildman–Crippen LogP) is 2.38. The van der Waals surface area contributed by atoms with Crippen molar-refractivity contribution in [1.29, 1.82) is 0 Å². The molecule has 0 aliphatic heterocycles. The summed E-state index contributed by atoms with van der Waals surface area (Å²) >= 11 is 0. The fourth-order valence-electron chi connectivity index (χ4n) is 0.986. The molecule has 0 fully saturated rings. The van der Waals surface area contributed by atoms with Gasteiger partial charge in [-0.2, -0.15) is 0 Å². The molecule has 0 saturated heterocycles. The maximum absolute atomic E-state index is 8.94. The molecule has 63 valence electrons. The summed E-state index contributed by atoms with van der Waals surface area (Å²) in [6.45, 7) is 1.85. The van der Waals surface area contributed by atoms with Crippen LogP contribution in [0.2, 0.25) is 0 Å². The van der Waals surface area contributed by atoms with Crippen LogP contribution in [0.25, 0.3) is 5.73 Å². The van der Waals surface area contributed by atoms with Gasteiger partial charge in [0.25, 0.3) is 0 Å². The molecule has 0 spiro atoms. The quantitative estimate of drug-likeness (QED) is 0.845. The van der Waals surface area contributed by atoms with E-state index in [2.05, 4.69) is 0 Å². The van der Waals surface area contributed by atoms with Gasteiger partial charge in [0.05, 0.1) is 0 Å². The van der Waals surface area contributed by atoms with Crippen molar-refractivity contribution >= 4 is 0 Å². The Labute approximate surface area is 109 Å². The van der Waals surface area contributed by atoms with E-state index >= 15 is 0 Å². The van der Waals surface area contributed by atoms with Crippen molar-refractivity contribution in [2.75, 3.05) is 0 Å². The second-order valence-electron chi connectivity index (χ2n) is 2.77. The van der Waals surface area contributed by atoms with Gasteiger partial charge >= 0.3 is 0 Å². The summed E-state index contributed by atoms with van der Waals surface area (Å²) < 4.78 is 0. The van der Waals surface area contributed by atoms with Crippen LogP contribution in [0, 0.1) is 44.1 Å². The van der Waals surface area contributed by atoms with Crippen molar-refractivity contribution in [1.82, 2.24) is 0 Å². The Kier molecular flexibility index (Phi) is 6.17. The third-order valence-corrected chi connectivity index (χ3v) is 1.48. The molecule has 0 heterocycles. The second kappa shape index (κ2) is 5.96. The molecule has 3 heteroatoms. The number of nitrogens with one attached hydrogen (secondary N) is 1. The molecular formula is C9H12AcNO-. The Bertz CT molecular complexity index is 220. The van der Waals surface area contributed by atoms with Crippen LogP contribution >= 0.6 is 0 Å². The average molecular weight is 377 g/mol.